The Balaban J connectivity index is 1.10. The van der Waals surface area contributed by atoms with Crippen LogP contribution in [0.15, 0.2) is 71.3 Å². The first-order valence-corrected chi connectivity index (χ1v) is 14.4. The smallest absolute Gasteiger partial charge is 0.253 e. The standard InChI is InChI=1S/C33H37N5O5/c1-22-8-11-24(12-9-22)31-36-30(43-37-31)21-38-18-15-25(16-19-38)32(39)35-27-7-5-4-6-26(27)33(40)34-17-14-23-10-13-28(41-2)29(20-23)42-3/h4-13,20,25H,14-19,21H2,1-3H3,(H,34,40)(H,35,39). The summed E-state index contributed by atoms with van der Waals surface area (Å²) in [6.07, 6.45) is 2.02. The molecule has 2 heterocycles. The van der Waals surface area contributed by atoms with Crippen LogP contribution >= 0.6 is 0 Å². The van der Waals surface area contributed by atoms with Crippen LogP contribution in [0.1, 0.15) is 40.2 Å². The average Bonchev–Trinajstić information content (AvgIpc) is 3.50. The number of amides is 2. The van der Waals surface area contributed by atoms with E-state index in [1.54, 1.807) is 32.4 Å². The highest BCUT2D eigenvalue weighted by atomic mass is 16.5. The van der Waals surface area contributed by atoms with Crippen LogP contribution in [-0.4, -0.2) is 60.7 Å². The molecule has 1 aliphatic rings. The Bertz CT molecular complexity index is 1540. The Labute approximate surface area is 251 Å². The van der Waals surface area contributed by atoms with Crippen molar-refractivity contribution in [3.8, 4) is 22.9 Å². The molecule has 0 radical (unpaired) electrons. The number of ether oxygens (including phenoxy) is 2. The molecular formula is C33H37N5O5. The number of likely N-dealkylation sites (tertiary alicyclic amines) is 1. The van der Waals surface area contributed by atoms with Gasteiger partial charge in [-0.1, -0.05) is 53.2 Å². The van der Waals surface area contributed by atoms with Crippen LogP contribution < -0.4 is 20.1 Å². The summed E-state index contributed by atoms with van der Waals surface area (Å²) in [6, 6.07) is 20.8. The molecule has 5 rings (SSSR count). The van der Waals surface area contributed by atoms with Crippen molar-refractivity contribution in [3.63, 3.8) is 0 Å². The fourth-order valence-corrected chi connectivity index (χ4v) is 5.16. The lowest BCUT2D eigenvalue weighted by atomic mass is 9.95. The van der Waals surface area contributed by atoms with Crippen LogP contribution in [0.25, 0.3) is 11.4 Å². The van der Waals surface area contributed by atoms with Gasteiger partial charge in [-0.2, -0.15) is 4.98 Å². The monoisotopic (exact) mass is 583 g/mol. The predicted octanol–water partition coefficient (Wildman–Crippen LogP) is 4.89. The number of nitrogens with zero attached hydrogens (tertiary/aromatic N) is 3. The number of piperidine rings is 1. The molecule has 1 aromatic heterocycles. The first-order valence-electron chi connectivity index (χ1n) is 14.4. The number of hydrogen-bond acceptors (Lipinski definition) is 8. The van der Waals surface area contributed by atoms with E-state index in [0.29, 0.717) is 66.8 Å². The van der Waals surface area contributed by atoms with Crippen molar-refractivity contribution >= 4 is 17.5 Å². The molecule has 0 spiro atoms. The number of para-hydroxylation sites is 1. The van der Waals surface area contributed by atoms with Gasteiger partial charge < -0.3 is 24.6 Å². The highest BCUT2D eigenvalue weighted by Crippen LogP contribution is 2.28. The molecule has 0 bridgehead atoms. The zero-order valence-electron chi connectivity index (χ0n) is 24.8. The third kappa shape index (κ3) is 7.58. The zero-order valence-corrected chi connectivity index (χ0v) is 24.8. The van der Waals surface area contributed by atoms with Crippen molar-refractivity contribution in [1.29, 1.82) is 0 Å². The van der Waals surface area contributed by atoms with E-state index in [2.05, 4.69) is 25.7 Å². The summed E-state index contributed by atoms with van der Waals surface area (Å²) >= 11 is 0. The number of hydrogen-bond donors (Lipinski definition) is 2. The quantitative estimate of drug-likeness (QED) is 0.256. The van der Waals surface area contributed by atoms with E-state index in [1.807, 2.05) is 55.5 Å². The number of carbonyl (C=O) groups is 2. The molecule has 1 saturated heterocycles. The van der Waals surface area contributed by atoms with Crippen molar-refractivity contribution in [1.82, 2.24) is 20.4 Å². The molecule has 2 N–H and O–H groups in total. The average molecular weight is 584 g/mol. The number of rotatable bonds is 11. The molecule has 10 heteroatoms. The minimum atomic E-state index is -0.240. The van der Waals surface area contributed by atoms with Gasteiger partial charge >= 0.3 is 0 Å². The molecule has 43 heavy (non-hydrogen) atoms. The lowest BCUT2D eigenvalue weighted by Gasteiger charge is -2.30. The zero-order chi connectivity index (χ0) is 30.2. The van der Waals surface area contributed by atoms with Crippen LogP contribution in [0, 0.1) is 12.8 Å². The summed E-state index contributed by atoms with van der Waals surface area (Å²) < 4.78 is 16.1. The number of aromatic nitrogens is 2. The van der Waals surface area contributed by atoms with E-state index in [4.69, 9.17) is 14.0 Å². The van der Waals surface area contributed by atoms with Gasteiger partial charge in [0, 0.05) is 18.0 Å². The number of anilines is 1. The Morgan fingerprint density at radius 3 is 2.47 bits per heavy atom. The topological polar surface area (TPSA) is 119 Å². The Morgan fingerprint density at radius 1 is 0.977 bits per heavy atom. The lowest BCUT2D eigenvalue weighted by Crippen LogP contribution is -2.38. The summed E-state index contributed by atoms with van der Waals surface area (Å²) in [5.74, 6) is 1.97. The Hall–Kier alpha value is -4.70. The molecule has 2 amide bonds. The lowest BCUT2D eigenvalue weighted by molar-refractivity contribution is -0.121. The van der Waals surface area contributed by atoms with Crippen LogP contribution in [-0.2, 0) is 17.8 Å². The number of methoxy groups -OCH3 is 2. The van der Waals surface area contributed by atoms with E-state index in [1.165, 1.54) is 5.56 Å². The van der Waals surface area contributed by atoms with Crippen molar-refractivity contribution in [2.24, 2.45) is 5.92 Å². The van der Waals surface area contributed by atoms with Gasteiger partial charge in [0.05, 0.1) is 32.0 Å². The second-order valence-corrected chi connectivity index (χ2v) is 10.7. The molecular weight excluding hydrogens is 546 g/mol. The highest BCUT2D eigenvalue weighted by Gasteiger charge is 2.27. The van der Waals surface area contributed by atoms with Gasteiger partial charge in [0.25, 0.3) is 5.91 Å². The fraction of sp³-hybridized carbons (Fsp3) is 0.333. The number of nitrogens with one attached hydrogen (secondary N) is 2. The number of benzene rings is 3. The van der Waals surface area contributed by atoms with E-state index >= 15 is 0 Å². The molecule has 0 saturated carbocycles. The Morgan fingerprint density at radius 2 is 1.72 bits per heavy atom. The normalized spacial score (nSPS) is 13.8. The SMILES string of the molecule is COc1ccc(CCNC(=O)c2ccccc2NC(=O)C2CCN(Cc3nc(-c4ccc(C)cc4)no3)CC2)cc1OC. The number of carbonyl (C=O) groups excluding carboxylic acids is 2. The maximum Gasteiger partial charge on any atom is 0.253 e. The van der Waals surface area contributed by atoms with Crippen LogP contribution in [0.2, 0.25) is 0 Å². The molecule has 0 aliphatic carbocycles. The van der Waals surface area contributed by atoms with Gasteiger partial charge in [-0.05, 0) is 69.1 Å². The Kier molecular flexibility index (Phi) is 9.68. The second kappa shape index (κ2) is 14.0. The molecule has 1 aliphatic heterocycles. The van der Waals surface area contributed by atoms with Gasteiger partial charge in [0.2, 0.25) is 17.6 Å². The summed E-state index contributed by atoms with van der Waals surface area (Å²) in [5, 5.41) is 10.1. The molecule has 4 aromatic rings. The highest BCUT2D eigenvalue weighted by molar-refractivity contribution is 6.04. The van der Waals surface area contributed by atoms with Crippen LogP contribution in [0.4, 0.5) is 5.69 Å². The number of aryl methyl sites for hydroxylation is 1. The molecule has 10 nitrogen and oxygen atoms in total. The van der Waals surface area contributed by atoms with Crippen molar-refractivity contribution in [2.45, 2.75) is 32.7 Å². The minimum Gasteiger partial charge on any atom is -0.493 e. The van der Waals surface area contributed by atoms with E-state index in [0.717, 1.165) is 24.2 Å². The summed E-state index contributed by atoms with van der Waals surface area (Å²) in [7, 11) is 3.19. The van der Waals surface area contributed by atoms with Gasteiger partial charge in [-0.25, -0.2) is 0 Å². The molecule has 3 aromatic carbocycles. The van der Waals surface area contributed by atoms with Gasteiger partial charge in [0.1, 0.15) is 0 Å². The van der Waals surface area contributed by atoms with Crippen molar-refractivity contribution in [2.75, 3.05) is 39.2 Å². The second-order valence-electron chi connectivity index (χ2n) is 10.7. The van der Waals surface area contributed by atoms with E-state index in [-0.39, 0.29) is 17.7 Å². The molecule has 0 unspecified atom stereocenters. The van der Waals surface area contributed by atoms with Gasteiger partial charge in [0.15, 0.2) is 11.5 Å². The third-order valence-corrected chi connectivity index (χ3v) is 7.67. The summed E-state index contributed by atoms with van der Waals surface area (Å²) in [4.78, 5) is 33.0. The van der Waals surface area contributed by atoms with Crippen molar-refractivity contribution in [3.05, 3.63) is 89.3 Å². The molecule has 224 valence electrons. The van der Waals surface area contributed by atoms with Crippen molar-refractivity contribution < 1.29 is 23.6 Å². The van der Waals surface area contributed by atoms with Crippen LogP contribution in [0.3, 0.4) is 0 Å². The maximum atomic E-state index is 13.2. The minimum absolute atomic E-state index is 0.0790. The van der Waals surface area contributed by atoms with E-state index in [9.17, 15) is 9.59 Å². The predicted molar refractivity (Wildman–Crippen MR) is 163 cm³/mol. The largest absolute Gasteiger partial charge is 0.493 e. The summed E-state index contributed by atoms with van der Waals surface area (Å²) in [5.41, 5.74) is 4.04. The molecule has 0 atom stereocenters. The third-order valence-electron chi connectivity index (χ3n) is 7.67. The van der Waals surface area contributed by atoms with Crippen LogP contribution in [0.5, 0.6) is 11.5 Å². The first kappa shape index (κ1) is 29.8. The fourth-order valence-electron chi connectivity index (χ4n) is 5.16. The molecule has 1 fully saturated rings. The maximum absolute atomic E-state index is 13.2. The summed E-state index contributed by atoms with van der Waals surface area (Å²) in [6.45, 7) is 4.48. The first-order chi connectivity index (χ1) is 20.9. The van der Waals surface area contributed by atoms with Gasteiger partial charge in [-0.3, -0.25) is 14.5 Å². The van der Waals surface area contributed by atoms with E-state index < -0.39 is 0 Å². The van der Waals surface area contributed by atoms with Gasteiger partial charge in [-0.15, -0.1) is 0 Å².